The summed E-state index contributed by atoms with van der Waals surface area (Å²) in [7, 11) is 0. The molecule has 0 aliphatic carbocycles. The Morgan fingerprint density at radius 3 is 2.95 bits per heavy atom. The quantitative estimate of drug-likeness (QED) is 0.905. The first-order valence-corrected chi connectivity index (χ1v) is 7.73. The first-order valence-electron chi connectivity index (χ1n) is 7.73. The van der Waals surface area contributed by atoms with Crippen molar-refractivity contribution in [2.45, 2.75) is 32.2 Å². The summed E-state index contributed by atoms with van der Waals surface area (Å²) in [5.74, 6) is 0.664. The number of rotatable bonds is 4. The van der Waals surface area contributed by atoms with Crippen LogP contribution in [0.15, 0.2) is 30.5 Å². The number of carbonyl (C=O) groups excluding carboxylic acids is 1. The number of fused-ring (bicyclic) bond motifs is 1. The molecule has 1 aliphatic rings. The molecule has 4 heteroatoms. The molecule has 0 radical (unpaired) electrons. The van der Waals surface area contributed by atoms with Crippen molar-refractivity contribution in [2.75, 3.05) is 13.1 Å². The van der Waals surface area contributed by atoms with Gasteiger partial charge in [0.2, 0.25) is 5.91 Å². The zero-order valence-corrected chi connectivity index (χ0v) is 12.5. The zero-order chi connectivity index (χ0) is 14.8. The van der Waals surface area contributed by atoms with Gasteiger partial charge in [0.05, 0.1) is 0 Å². The molecule has 2 unspecified atom stereocenters. The molecule has 4 nitrogen and oxygen atoms in total. The predicted molar refractivity (Wildman–Crippen MR) is 85.0 cm³/mol. The number of aromatic nitrogens is 1. The second kappa shape index (κ2) is 5.90. The number of hydrogen-bond donors (Lipinski definition) is 2. The molecule has 0 saturated carbocycles. The van der Waals surface area contributed by atoms with Crippen LogP contribution in [-0.4, -0.2) is 34.9 Å². The largest absolute Gasteiger partial charge is 0.361 e. The molecule has 2 aromatic rings. The van der Waals surface area contributed by atoms with Crippen LogP contribution in [0.4, 0.5) is 0 Å². The van der Waals surface area contributed by atoms with E-state index in [1.807, 2.05) is 11.0 Å². The van der Waals surface area contributed by atoms with Gasteiger partial charge in [0.15, 0.2) is 0 Å². The van der Waals surface area contributed by atoms with Crippen LogP contribution < -0.4 is 5.73 Å². The molecule has 1 aromatic carbocycles. The third-order valence-electron chi connectivity index (χ3n) is 4.53. The van der Waals surface area contributed by atoms with Gasteiger partial charge in [0.1, 0.15) is 0 Å². The van der Waals surface area contributed by atoms with Crippen molar-refractivity contribution in [1.82, 2.24) is 9.88 Å². The van der Waals surface area contributed by atoms with E-state index in [1.54, 1.807) is 0 Å². The molecule has 0 bridgehead atoms. The van der Waals surface area contributed by atoms with Crippen molar-refractivity contribution >= 4 is 16.8 Å². The van der Waals surface area contributed by atoms with Crippen LogP contribution in [0.1, 0.15) is 25.3 Å². The van der Waals surface area contributed by atoms with Crippen molar-refractivity contribution in [2.24, 2.45) is 11.7 Å². The number of nitrogens with two attached hydrogens (primary N) is 1. The molecular weight excluding hydrogens is 262 g/mol. The fraction of sp³-hybridized carbons (Fsp3) is 0.471. The number of para-hydroxylation sites is 1. The summed E-state index contributed by atoms with van der Waals surface area (Å²) in [6, 6.07) is 8.44. The Bertz CT molecular complexity index is 624. The van der Waals surface area contributed by atoms with Gasteiger partial charge in [-0.15, -0.1) is 0 Å². The molecular formula is C17H23N3O. The predicted octanol–water partition coefficient (Wildman–Crippen LogP) is 2.30. The minimum atomic E-state index is 0.141. The highest BCUT2D eigenvalue weighted by Gasteiger charge is 2.29. The molecule has 1 aromatic heterocycles. The molecule has 2 heterocycles. The van der Waals surface area contributed by atoms with Gasteiger partial charge in [0, 0.05) is 42.7 Å². The molecule has 2 atom stereocenters. The maximum atomic E-state index is 12.2. The monoisotopic (exact) mass is 285 g/mol. The molecule has 21 heavy (non-hydrogen) atoms. The lowest BCUT2D eigenvalue weighted by molar-refractivity contribution is -0.130. The minimum absolute atomic E-state index is 0.141. The highest BCUT2D eigenvalue weighted by atomic mass is 16.2. The summed E-state index contributed by atoms with van der Waals surface area (Å²) < 4.78 is 0. The Balaban J connectivity index is 1.53. The first kappa shape index (κ1) is 14.1. The van der Waals surface area contributed by atoms with E-state index in [9.17, 15) is 4.79 Å². The van der Waals surface area contributed by atoms with Crippen molar-refractivity contribution in [3.63, 3.8) is 0 Å². The number of likely N-dealkylation sites (tertiary alicyclic amines) is 1. The SMILES string of the molecule is CC1CN(C(=O)CCCc2c[nH]c3ccccc23)CC1N. The lowest BCUT2D eigenvalue weighted by Gasteiger charge is -2.15. The van der Waals surface area contributed by atoms with Crippen LogP contribution in [0.25, 0.3) is 10.9 Å². The van der Waals surface area contributed by atoms with Gasteiger partial charge in [-0.25, -0.2) is 0 Å². The molecule has 1 saturated heterocycles. The molecule has 3 N–H and O–H groups in total. The number of aryl methyl sites for hydroxylation is 1. The van der Waals surface area contributed by atoms with E-state index in [1.165, 1.54) is 10.9 Å². The molecule has 112 valence electrons. The van der Waals surface area contributed by atoms with Crippen LogP contribution in [0.2, 0.25) is 0 Å². The second-order valence-electron chi connectivity index (χ2n) is 6.15. The summed E-state index contributed by atoms with van der Waals surface area (Å²) in [5.41, 5.74) is 8.44. The van der Waals surface area contributed by atoms with Crippen LogP contribution in [0, 0.1) is 5.92 Å². The fourth-order valence-corrected chi connectivity index (χ4v) is 3.12. The molecule has 3 rings (SSSR count). The number of H-pyrrole nitrogens is 1. The van der Waals surface area contributed by atoms with E-state index in [2.05, 4.69) is 36.3 Å². The average Bonchev–Trinajstić information content (AvgIpc) is 3.04. The summed E-state index contributed by atoms with van der Waals surface area (Å²) in [6.45, 7) is 3.64. The summed E-state index contributed by atoms with van der Waals surface area (Å²) in [6.07, 6.45) is 4.49. The van der Waals surface area contributed by atoms with Gasteiger partial charge in [0.25, 0.3) is 0 Å². The van der Waals surface area contributed by atoms with E-state index < -0.39 is 0 Å². The normalized spacial score (nSPS) is 22.1. The van der Waals surface area contributed by atoms with Crippen LogP contribution in [0.3, 0.4) is 0 Å². The van der Waals surface area contributed by atoms with E-state index in [-0.39, 0.29) is 11.9 Å². The number of amides is 1. The Morgan fingerprint density at radius 1 is 1.38 bits per heavy atom. The number of hydrogen-bond acceptors (Lipinski definition) is 2. The maximum absolute atomic E-state index is 12.2. The van der Waals surface area contributed by atoms with E-state index >= 15 is 0 Å². The smallest absolute Gasteiger partial charge is 0.222 e. The van der Waals surface area contributed by atoms with Gasteiger partial charge >= 0.3 is 0 Å². The van der Waals surface area contributed by atoms with Gasteiger partial charge in [-0.2, -0.15) is 0 Å². The number of nitrogens with zero attached hydrogens (tertiary/aromatic N) is 1. The van der Waals surface area contributed by atoms with Gasteiger partial charge < -0.3 is 15.6 Å². The maximum Gasteiger partial charge on any atom is 0.222 e. The lowest BCUT2D eigenvalue weighted by Crippen LogP contribution is -2.32. The van der Waals surface area contributed by atoms with Gasteiger partial charge in [-0.3, -0.25) is 4.79 Å². The summed E-state index contributed by atoms with van der Waals surface area (Å²) in [5, 5.41) is 1.27. The van der Waals surface area contributed by atoms with Crippen molar-refractivity contribution < 1.29 is 4.79 Å². The van der Waals surface area contributed by atoms with Gasteiger partial charge in [-0.05, 0) is 30.4 Å². The Hall–Kier alpha value is -1.81. The lowest BCUT2D eigenvalue weighted by atomic mass is 10.1. The highest BCUT2D eigenvalue weighted by Crippen LogP contribution is 2.20. The van der Waals surface area contributed by atoms with E-state index in [0.29, 0.717) is 18.9 Å². The van der Waals surface area contributed by atoms with Crippen LogP contribution >= 0.6 is 0 Å². The Morgan fingerprint density at radius 2 is 2.19 bits per heavy atom. The van der Waals surface area contributed by atoms with Crippen molar-refractivity contribution in [1.29, 1.82) is 0 Å². The Kier molecular flexibility index (Phi) is 3.97. The molecule has 1 amide bonds. The van der Waals surface area contributed by atoms with Crippen LogP contribution in [-0.2, 0) is 11.2 Å². The minimum Gasteiger partial charge on any atom is -0.361 e. The number of carbonyl (C=O) groups is 1. The molecule has 1 fully saturated rings. The average molecular weight is 285 g/mol. The third kappa shape index (κ3) is 2.95. The summed E-state index contributed by atoms with van der Waals surface area (Å²) >= 11 is 0. The molecule has 1 aliphatic heterocycles. The van der Waals surface area contributed by atoms with E-state index in [4.69, 9.17) is 5.73 Å². The topological polar surface area (TPSA) is 62.1 Å². The summed E-state index contributed by atoms with van der Waals surface area (Å²) in [4.78, 5) is 17.4. The Labute approximate surface area is 125 Å². The number of aromatic amines is 1. The van der Waals surface area contributed by atoms with E-state index in [0.717, 1.165) is 24.9 Å². The highest BCUT2D eigenvalue weighted by molar-refractivity contribution is 5.83. The second-order valence-corrected chi connectivity index (χ2v) is 6.15. The zero-order valence-electron chi connectivity index (χ0n) is 12.5. The third-order valence-corrected chi connectivity index (χ3v) is 4.53. The number of benzene rings is 1. The van der Waals surface area contributed by atoms with Crippen molar-refractivity contribution in [3.8, 4) is 0 Å². The van der Waals surface area contributed by atoms with Crippen LogP contribution in [0.5, 0.6) is 0 Å². The first-order chi connectivity index (χ1) is 10.1. The van der Waals surface area contributed by atoms with Crippen molar-refractivity contribution in [3.05, 3.63) is 36.0 Å². The van der Waals surface area contributed by atoms with Gasteiger partial charge in [-0.1, -0.05) is 25.1 Å². The fourth-order valence-electron chi connectivity index (χ4n) is 3.12. The standard InChI is InChI=1S/C17H23N3O/c1-12-10-20(11-15(12)18)17(21)8-4-5-13-9-19-16-7-3-2-6-14(13)16/h2-3,6-7,9,12,15,19H,4-5,8,10-11,18H2,1H3. The molecule has 0 spiro atoms. The number of nitrogens with one attached hydrogen (secondary N) is 1.